The zero-order chi connectivity index (χ0) is 22.5. The van der Waals surface area contributed by atoms with Crippen LogP contribution in [0.25, 0.3) is 10.9 Å². The van der Waals surface area contributed by atoms with E-state index in [2.05, 4.69) is 56.9 Å². The number of benzene rings is 1. The zero-order valence-corrected chi connectivity index (χ0v) is 20.0. The molecule has 0 amide bonds. The molecule has 6 atom stereocenters. The highest BCUT2D eigenvalue weighted by atomic mass is 16.7. The summed E-state index contributed by atoms with van der Waals surface area (Å²) < 4.78 is 12.9. The van der Waals surface area contributed by atoms with Crippen molar-refractivity contribution in [2.75, 3.05) is 0 Å². The number of rotatable bonds is 2. The molecule has 1 aromatic heterocycles. The Hall–Kier alpha value is -1.91. The van der Waals surface area contributed by atoms with Crippen LogP contribution in [0.15, 0.2) is 35.9 Å². The van der Waals surface area contributed by atoms with E-state index >= 15 is 0 Å². The third-order valence-corrected chi connectivity index (χ3v) is 9.64. The fourth-order valence-electron chi connectivity index (χ4n) is 7.95. The van der Waals surface area contributed by atoms with Gasteiger partial charge in [0.1, 0.15) is 6.10 Å². The molecule has 2 saturated carbocycles. The van der Waals surface area contributed by atoms with Crippen LogP contribution in [0.2, 0.25) is 0 Å². The summed E-state index contributed by atoms with van der Waals surface area (Å²) in [6.07, 6.45) is 6.76. The van der Waals surface area contributed by atoms with E-state index in [1.54, 1.807) is 0 Å². The lowest BCUT2D eigenvalue weighted by Crippen LogP contribution is -2.62. The van der Waals surface area contributed by atoms with Crippen molar-refractivity contribution in [2.24, 2.45) is 17.3 Å². The lowest BCUT2D eigenvalue weighted by Gasteiger charge is -2.63. The average Bonchev–Trinajstić information content (AvgIpc) is 3.25. The minimum Gasteiger partial charge on any atom is -0.358 e. The molecule has 0 bridgehead atoms. The molecule has 1 aliphatic heterocycles. The first kappa shape index (κ1) is 20.7. The van der Waals surface area contributed by atoms with E-state index < -0.39 is 11.9 Å². The van der Waals surface area contributed by atoms with Crippen LogP contribution >= 0.6 is 0 Å². The molecule has 4 heteroatoms. The van der Waals surface area contributed by atoms with Crippen LogP contribution < -0.4 is 0 Å². The number of nitrogens with one attached hydrogen (secondary N) is 1. The smallest absolute Gasteiger partial charge is 0.192 e. The van der Waals surface area contributed by atoms with Crippen molar-refractivity contribution in [3.63, 3.8) is 0 Å². The number of ketones is 1. The molecule has 2 aromatic rings. The molecule has 3 unspecified atom stereocenters. The molecule has 2 heterocycles. The fourth-order valence-corrected chi connectivity index (χ4v) is 7.95. The number of hydrogen-bond donors (Lipinski definition) is 1. The molecule has 0 saturated heterocycles. The van der Waals surface area contributed by atoms with Crippen LogP contribution in [-0.4, -0.2) is 28.8 Å². The van der Waals surface area contributed by atoms with Gasteiger partial charge in [-0.3, -0.25) is 4.79 Å². The monoisotopic (exact) mass is 433 g/mol. The average molecular weight is 434 g/mol. The van der Waals surface area contributed by atoms with Crippen molar-refractivity contribution in [2.45, 2.75) is 90.1 Å². The van der Waals surface area contributed by atoms with Crippen LogP contribution in [0, 0.1) is 17.3 Å². The maximum atomic E-state index is 12.8. The normalized spacial score (nSPS) is 40.6. The number of aromatic nitrogens is 1. The van der Waals surface area contributed by atoms with Gasteiger partial charge in [-0.25, -0.2) is 0 Å². The third-order valence-electron chi connectivity index (χ3n) is 9.64. The lowest BCUT2D eigenvalue weighted by molar-refractivity contribution is -0.275. The van der Waals surface area contributed by atoms with Gasteiger partial charge in [0.15, 0.2) is 11.6 Å². The fraction of sp³-hybridized carbons (Fsp3) is 0.607. The summed E-state index contributed by atoms with van der Waals surface area (Å²) in [6.45, 7) is 11.0. The van der Waals surface area contributed by atoms with Crippen molar-refractivity contribution in [1.29, 1.82) is 0 Å². The number of carbonyl (C=O) groups excluding carboxylic acids is 1. The summed E-state index contributed by atoms with van der Waals surface area (Å²) in [5.41, 5.74) is 5.39. The quantitative estimate of drug-likeness (QED) is 0.647. The largest absolute Gasteiger partial charge is 0.358 e. The Morgan fingerprint density at radius 3 is 2.72 bits per heavy atom. The summed E-state index contributed by atoms with van der Waals surface area (Å²) in [7, 11) is 0. The van der Waals surface area contributed by atoms with Crippen LogP contribution in [0.5, 0.6) is 0 Å². The van der Waals surface area contributed by atoms with Crippen LogP contribution in [-0.2, 0) is 26.1 Å². The molecule has 1 N–H and O–H groups in total. The summed E-state index contributed by atoms with van der Waals surface area (Å²) >= 11 is 0. The molecule has 0 radical (unpaired) electrons. The second kappa shape index (κ2) is 6.57. The highest BCUT2D eigenvalue weighted by Gasteiger charge is 2.66. The number of fused-ring (bicyclic) bond motifs is 9. The maximum Gasteiger partial charge on any atom is 0.192 e. The van der Waals surface area contributed by atoms with Gasteiger partial charge in [-0.15, -0.1) is 0 Å². The Morgan fingerprint density at radius 1 is 1.16 bits per heavy atom. The van der Waals surface area contributed by atoms with Crippen molar-refractivity contribution in [1.82, 2.24) is 4.98 Å². The summed E-state index contributed by atoms with van der Waals surface area (Å²) in [6, 6.07) is 8.74. The molecule has 170 valence electrons. The van der Waals surface area contributed by atoms with Crippen LogP contribution in [0.1, 0.15) is 71.6 Å². The molecule has 4 nitrogen and oxygen atoms in total. The first-order valence-electron chi connectivity index (χ1n) is 12.4. The molecular formula is C28H35NO3. The van der Waals surface area contributed by atoms with Crippen molar-refractivity contribution in [3.05, 3.63) is 47.2 Å². The molecule has 6 rings (SSSR count). The Kier molecular flexibility index (Phi) is 4.25. The van der Waals surface area contributed by atoms with Gasteiger partial charge >= 0.3 is 0 Å². The summed E-state index contributed by atoms with van der Waals surface area (Å²) in [5, 5.41) is 1.38. The topological polar surface area (TPSA) is 51.3 Å². The first-order valence-corrected chi connectivity index (χ1v) is 12.4. The number of H-pyrrole nitrogens is 1. The molecule has 32 heavy (non-hydrogen) atoms. The molecular weight excluding hydrogens is 398 g/mol. The minimum atomic E-state index is -0.753. The Labute approximate surface area is 190 Å². The predicted molar refractivity (Wildman–Crippen MR) is 125 cm³/mol. The standard InChI is InChI=1S/C28H35NO3/c1-16(2)31-28-13-12-26(4)21(22(28)15-24(30)17(3)32-28)11-10-18-14-20-19-8-6-7-9-23(19)29-25(20)27(18,26)5/h6-9,15-18,21,29H,10-14H2,1-5H3/t17?,18-,21?,26-,27+,28?/m0/s1. The van der Waals surface area contributed by atoms with E-state index in [0.29, 0.717) is 5.92 Å². The highest BCUT2D eigenvalue weighted by molar-refractivity contribution is 5.95. The van der Waals surface area contributed by atoms with Crippen molar-refractivity contribution < 1.29 is 14.3 Å². The minimum absolute atomic E-state index is 0.0429. The van der Waals surface area contributed by atoms with E-state index in [0.717, 1.165) is 31.3 Å². The number of aromatic amines is 1. The highest BCUT2D eigenvalue weighted by Crippen LogP contribution is 2.69. The van der Waals surface area contributed by atoms with Gasteiger partial charge < -0.3 is 14.5 Å². The second-order valence-electron chi connectivity index (χ2n) is 11.4. The van der Waals surface area contributed by atoms with Crippen molar-refractivity contribution in [3.8, 4) is 0 Å². The molecule has 0 spiro atoms. The van der Waals surface area contributed by atoms with Crippen LogP contribution in [0.4, 0.5) is 0 Å². The van der Waals surface area contributed by atoms with Gasteiger partial charge in [0.2, 0.25) is 0 Å². The van der Waals surface area contributed by atoms with Crippen molar-refractivity contribution >= 4 is 16.7 Å². The van der Waals surface area contributed by atoms with E-state index in [4.69, 9.17) is 9.47 Å². The maximum absolute atomic E-state index is 12.8. The number of para-hydroxylation sites is 1. The number of carbonyl (C=O) groups is 1. The molecule has 4 aliphatic rings. The second-order valence-corrected chi connectivity index (χ2v) is 11.4. The Balaban J connectivity index is 1.51. The van der Waals surface area contributed by atoms with Gasteiger partial charge in [-0.1, -0.05) is 32.0 Å². The Morgan fingerprint density at radius 2 is 1.94 bits per heavy atom. The SMILES string of the molecule is CC(C)OC12CC[C@@]3(C)C(CC[C@H]4Cc5c([nH]c6ccccc56)[C@@]43C)C1=CC(=O)C(C)O2. The van der Waals surface area contributed by atoms with E-state index in [1.165, 1.54) is 28.6 Å². The van der Waals surface area contributed by atoms with Gasteiger partial charge in [0.05, 0.1) is 6.10 Å². The zero-order valence-electron chi connectivity index (χ0n) is 20.0. The first-order chi connectivity index (χ1) is 15.2. The Bertz CT molecular complexity index is 1140. The van der Waals surface area contributed by atoms with E-state index in [1.807, 2.05) is 13.0 Å². The van der Waals surface area contributed by atoms with Gasteiger partial charge in [-0.2, -0.15) is 0 Å². The van der Waals surface area contributed by atoms with E-state index in [9.17, 15) is 4.79 Å². The number of ether oxygens (including phenoxy) is 2. The van der Waals surface area contributed by atoms with Gasteiger partial charge in [0, 0.05) is 28.4 Å². The van der Waals surface area contributed by atoms with E-state index in [-0.39, 0.29) is 28.6 Å². The van der Waals surface area contributed by atoms with Gasteiger partial charge in [0.25, 0.3) is 0 Å². The molecule has 1 aromatic carbocycles. The molecule has 3 aliphatic carbocycles. The summed E-state index contributed by atoms with van der Waals surface area (Å²) in [4.78, 5) is 16.7. The third kappa shape index (κ3) is 2.43. The number of hydrogen-bond acceptors (Lipinski definition) is 3. The van der Waals surface area contributed by atoms with Crippen LogP contribution in [0.3, 0.4) is 0 Å². The summed E-state index contributed by atoms with van der Waals surface area (Å²) in [5.74, 6) is 0.242. The predicted octanol–water partition coefficient (Wildman–Crippen LogP) is 5.84. The lowest BCUT2D eigenvalue weighted by atomic mass is 9.44. The van der Waals surface area contributed by atoms with Gasteiger partial charge in [-0.05, 0) is 87.0 Å². The molecule has 2 fully saturated rings.